The lowest BCUT2D eigenvalue weighted by atomic mass is 10.1. The number of nitrogens with one attached hydrogen (secondary N) is 2. The Balaban J connectivity index is 1.77. The zero-order valence-corrected chi connectivity index (χ0v) is 16.5. The average molecular weight is 370 g/mol. The number of carbonyl (C=O) groups excluding carboxylic acids is 1. The third-order valence-corrected chi connectivity index (χ3v) is 3.91. The Morgan fingerprint density at radius 1 is 1.22 bits per heavy atom. The van der Waals surface area contributed by atoms with Gasteiger partial charge >= 0.3 is 6.09 Å². The number of anilines is 2. The molecule has 8 heteroatoms. The van der Waals surface area contributed by atoms with Crippen molar-refractivity contribution in [2.24, 2.45) is 0 Å². The molecule has 0 saturated heterocycles. The molecule has 2 N–H and O–H groups in total. The first kappa shape index (κ1) is 18.9. The van der Waals surface area contributed by atoms with Crippen molar-refractivity contribution in [2.75, 3.05) is 18.4 Å². The van der Waals surface area contributed by atoms with Gasteiger partial charge in [0.15, 0.2) is 11.6 Å². The first-order valence-electron chi connectivity index (χ1n) is 9.02. The Morgan fingerprint density at radius 3 is 2.67 bits per heavy atom. The number of aromatic nitrogens is 4. The summed E-state index contributed by atoms with van der Waals surface area (Å²) >= 11 is 0. The first-order valence-corrected chi connectivity index (χ1v) is 9.02. The van der Waals surface area contributed by atoms with Gasteiger partial charge < -0.3 is 15.0 Å². The van der Waals surface area contributed by atoms with E-state index in [2.05, 4.69) is 31.6 Å². The SMILES string of the molecule is Cc1cc(Nc2cc(C)[nH]n2)nc(C2=CCCN(C(=O)OC(C)(C)C)C2)n1. The highest BCUT2D eigenvalue weighted by molar-refractivity contribution is 5.74. The van der Waals surface area contributed by atoms with Gasteiger partial charge in [0.05, 0.1) is 6.54 Å². The Morgan fingerprint density at radius 2 is 2.00 bits per heavy atom. The van der Waals surface area contributed by atoms with Crippen LogP contribution in [-0.4, -0.2) is 49.8 Å². The fraction of sp³-hybridized carbons (Fsp3) is 0.474. The average Bonchev–Trinajstić information content (AvgIpc) is 2.98. The van der Waals surface area contributed by atoms with Gasteiger partial charge in [-0.25, -0.2) is 14.8 Å². The second kappa shape index (κ2) is 7.38. The Kier molecular flexibility index (Phi) is 5.16. The summed E-state index contributed by atoms with van der Waals surface area (Å²) in [6, 6.07) is 3.77. The fourth-order valence-electron chi connectivity index (χ4n) is 2.78. The van der Waals surface area contributed by atoms with Gasteiger partial charge in [0, 0.05) is 35.6 Å². The molecule has 2 aromatic rings. The normalized spacial score (nSPS) is 14.7. The van der Waals surface area contributed by atoms with Gasteiger partial charge in [0.25, 0.3) is 0 Å². The molecule has 0 aliphatic carbocycles. The van der Waals surface area contributed by atoms with E-state index in [4.69, 9.17) is 4.74 Å². The van der Waals surface area contributed by atoms with Crippen LogP contribution in [0, 0.1) is 13.8 Å². The van der Waals surface area contributed by atoms with Crippen LogP contribution in [0.15, 0.2) is 18.2 Å². The number of nitrogens with zero attached hydrogens (tertiary/aromatic N) is 4. The van der Waals surface area contributed by atoms with Gasteiger partial charge in [-0.2, -0.15) is 5.10 Å². The molecule has 1 amide bonds. The van der Waals surface area contributed by atoms with Crippen molar-refractivity contribution in [2.45, 2.75) is 46.6 Å². The molecule has 0 saturated carbocycles. The molecular weight excluding hydrogens is 344 g/mol. The van der Waals surface area contributed by atoms with Crippen LogP contribution in [-0.2, 0) is 4.74 Å². The molecule has 0 fully saturated rings. The summed E-state index contributed by atoms with van der Waals surface area (Å²) in [6.07, 6.45) is 2.51. The molecule has 0 bridgehead atoms. The van der Waals surface area contributed by atoms with E-state index < -0.39 is 5.60 Å². The van der Waals surface area contributed by atoms with Crippen molar-refractivity contribution in [3.05, 3.63) is 35.4 Å². The molecule has 0 radical (unpaired) electrons. The maximum absolute atomic E-state index is 12.4. The van der Waals surface area contributed by atoms with Gasteiger partial charge in [-0.3, -0.25) is 5.10 Å². The first-order chi connectivity index (χ1) is 12.7. The number of carbonyl (C=O) groups is 1. The zero-order chi connectivity index (χ0) is 19.6. The smallest absolute Gasteiger partial charge is 0.410 e. The minimum atomic E-state index is -0.517. The number of H-pyrrole nitrogens is 1. The van der Waals surface area contributed by atoms with Crippen molar-refractivity contribution in [1.82, 2.24) is 25.1 Å². The molecule has 0 aromatic carbocycles. The number of aryl methyl sites for hydroxylation is 2. The largest absolute Gasteiger partial charge is 0.444 e. The van der Waals surface area contributed by atoms with E-state index >= 15 is 0 Å². The van der Waals surface area contributed by atoms with Crippen LogP contribution in [0.2, 0.25) is 0 Å². The van der Waals surface area contributed by atoms with Crippen LogP contribution < -0.4 is 5.32 Å². The summed E-state index contributed by atoms with van der Waals surface area (Å²) in [5.74, 6) is 1.97. The van der Waals surface area contributed by atoms with Crippen LogP contribution in [0.1, 0.15) is 44.4 Å². The van der Waals surface area contributed by atoms with Crippen molar-refractivity contribution < 1.29 is 9.53 Å². The molecule has 27 heavy (non-hydrogen) atoms. The van der Waals surface area contributed by atoms with E-state index in [0.29, 0.717) is 30.5 Å². The van der Waals surface area contributed by atoms with Gasteiger partial charge in [0.2, 0.25) is 0 Å². The Hall–Kier alpha value is -2.90. The van der Waals surface area contributed by atoms with Crippen LogP contribution in [0.25, 0.3) is 5.57 Å². The predicted octanol–water partition coefficient (Wildman–Crippen LogP) is 3.58. The maximum Gasteiger partial charge on any atom is 0.410 e. The summed E-state index contributed by atoms with van der Waals surface area (Å²) < 4.78 is 5.49. The molecule has 8 nitrogen and oxygen atoms in total. The highest BCUT2D eigenvalue weighted by Crippen LogP contribution is 2.22. The topological polar surface area (TPSA) is 96.0 Å². The number of ether oxygens (including phenoxy) is 1. The second-order valence-corrected chi connectivity index (χ2v) is 7.70. The van der Waals surface area contributed by atoms with Crippen molar-refractivity contribution in [1.29, 1.82) is 0 Å². The van der Waals surface area contributed by atoms with E-state index in [0.717, 1.165) is 23.4 Å². The Labute approximate surface area is 159 Å². The molecule has 3 heterocycles. The maximum atomic E-state index is 12.4. The quantitative estimate of drug-likeness (QED) is 0.857. The van der Waals surface area contributed by atoms with E-state index in [1.807, 2.05) is 46.8 Å². The molecule has 2 aromatic heterocycles. The lowest BCUT2D eigenvalue weighted by Gasteiger charge is -2.30. The number of aromatic amines is 1. The summed E-state index contributed by atoms with van der Waals surface area (Å²) in [5, 5.41) is 10.2. The molecule has 1 aliphatic heterocycles. The monoisotopic (exact) mass is 370 g/mol. The summed E-state index contributed by atoms with van der Waals surface area (Å²) in [7, 11) is 0. The standard InChI is InChI=1S/C19H26N6O2/c1-12-9-15(21-16-10-13(2)23-24-16)22-17(20-12)14-7-6-8-25(11-14)18(26)27-19(3,4)5/h7,9-10H,6,8,11H2,1-5H3,(H2,20,21,22,23,24). The van der Waals surface area contributed by atoms with E-state index in [1.54, 1.807) is 4.90 Å². The number of hydrogen-bond donors (Lipinski definition) is 2. The van der Waals surface area contributed by atoms with Crippen LogP contribution in [0.4, 0.5) is 16.4 Å². The van der Waals surface area contributed by atoms with Crippen LogP contribution in [0.5, 0.6) is 0 Å². The van der Waals surface area contributed by atoms with Crippen molar-refractivity contribution in [3.8, 4) is 0 Å². The van der Waals surface area contributed by atoms with Gasteiger partial charge in [0.1, 0.15) is 11.4 Å². The third-order valence-electron chi connectivity index (χ3n) is 3.91. The number of hydrogen-bond acceptors (Lipinski definition) is 6. The second-order valence-electron chi connectivity index (χ2n) is 7.70. The minimum Gasteiger partial charge on any atom is -0.444 e. The van der Waals surface area contributed by atoms with Gasteiger partial charge in [-0.1, -0.05) is 6.08 Å². The summed E-state index contributed by atoms with van der Waals surface area (Å²) in [4.78, 5) is 23.2. The van der Waals surface area contributed by atoms with Crippen LogP contribution in [0.3, 0.4) is 0 Å². The summed E-state index contributed by atoms with van der Waals surface area (Å²) in [6.45, 7) is 10.5. The zero-order valence-electron chi connectivity index (χ0n) is 16.5. The summed E-state index contributed by atoms with van der Waals surface area (Å²) in [5.41, 5.74) is 2.20. The van der Waals surface area contributed by atoms with Crippen LogP contribution >= 0.6 is 0 Å². The molecule has 0 unspecified atom stereocenters. The highest BCUT2D eigenvalue weighted by Gasteiger charge is 2.25. The lowest BCUT2D eigenvalue weighted by molar-refractivity contribution is 0.0273. The minimum absolute atomic E-state index is 0.314. The number of amides is 1. The molecule has 1 aliphatic rings. The molecule has 0 spiro atoms. The van der Waals surface area contributed by atoms with E-state index in [1.165, 1.54) is 0 Å². The van der Waals surface area contributed by atoms with Crippen molar-refractivity contribution in [3.63, 3.8) is 0 Å². The number of rotatable bonds is 3. The fourth-order valence-corrected chi connectivity index (χ4v) is 2.78. The van der Waals surface area contributed by atoms with Gasteiger partial charge in [-0.05, 0) is 41.0 Å². The van der Waals surface area contributed by atoms with Crippen molar-refractivity contribution >= 4 is 23.3 Å². The molecule has 0 atom stereocenters. The highest BCUT2D eigenvalue weighted by atomic mass is 16.6. The molecule has 3 rings (SSSR count). The third kappa shape index (κ3) is 5.06. The molecular formula is C19H26N6O2. The Bertz CT molecular complexity index is 865. The molecule has 144 valence electrons. The van der Waals surface area contributed by atoms with E-state index in [-0.39, 0.29) is 6.09 Å². The van der Waals surface area contributed by atoms with E-state index in [9.17, 15) is 4.79 Å². The predicted molar refractivity (Wildman–Crippen MR) is 104 cm³/mol. The lowest BCUT2D eigenvalue weighted by Crippen LogP contribution is -2.39. The van der Waals surface area contributed by atoms with Gasteiger partial charge in [-0.15, -0.1) is 0 Å².